The summed E-state index contributed by atoms with van der Waals surface area (Å²) in [5, 5.41) is 15.2. The Morgan fingerprint density at radius 3 is 2.48 bits per heavy atom. The number of rotatable bonds is 5. The predicted octanol–water partition coefficient (Wildman–Crippen LogP) is 3.93. The number of carbonyl (C=O) groups excluding carboxylic acids is 2. The van der Waals surface area contributed by atoms with E-state index in [1.54, 1.807) is 18.2 Å². The molecule has 0 radical (unpaired) electrons. The van der Waals surface area contributed by atoms with Gasteiger partial charge in [-0.3, -0.25) is 14.9 Å². The molecule has 1 N–H and O–H groups in total. The number of nitrogens with one attached hydrogen (secondary N) is 1. The first-order chi connectivity index (χ1) is 12.9. The largest absolute Gasteiger partial charge is 0.449 e. The molecule has 136 valence electrons. The molecule has 3 rings (SSSR count). The van der Waals surface area contributed by atoms with Gasteiger partial charge in [0.15, 0.2) is 6.10 Å². The molecule has 7 nitrogen and oxygen atoms in total. The molecule has 0 spiro atoms. The van der Waals surface area contributed by atoms with Crippen LogP contribution in [0.4, 0.5) is 11.4 Å². The van der Waals surface area contributed by atoms with Crippen molar-refractivity contribution in [3.05, 3.63) is 82.4 Å². The molecule has 1 atom stereocenters. The summed E-state index contributed by atoms with van der Waals surface area (Å²) in [4.78, 5) is 34.8. The van der Waals surface area contributed by atoms with Crippen LogP contribution in [-0.2, 0) is 9.53 Å². The third-order valence-electron chi connectivity index (χ3n) is 3.96. The Labute approximate surface area is 154 Å². The summed E-state index contributed by atoms with van der Waals surface area (Å²) in [6, 6.07) is 18.2. The Bertz CT molecular complexity index is 1030. The fourth-order valence-electron chi connectivity index (χ4n) is 2.54. The van der Waals surface area contributed by atoms with Gasteiger partial charge in [-0.05, 0) is 35.9 Å². The first-order valence-electron chi connectivity index (χ1n) is 8.19. The Kier molecular flexibility index (Phi) is 5.12. The lowest BCUT2D eigenvalue weighted by Gasteiger charge is -2.13. The van der Waals surface area contributed by atoms with E-state index in [9.17, 15) is 19.7 Å². The molecule has 0 unspecified atom stereocenters. The lowest BCUT2D eigenvalue weighted by atomic mass is 10.1. The Hall–Kier alpha value is -3.74. The number of nitro groups is 1. The van der Waals surface area contributed by atoms with E-state index in [2.05, 4.69) is 5.32 Å². The summed E-state index contributed by atoms with van der Waals surface area (Å²) in [7, 11) is 0. The summed E-state index contributed by atoms with van der Waals surface area (Å²) in [5.41, 5.74) is 0.445. The predicted molar refractivity (Wildman–Crippen MR) is 101 cm³/mol. The number of non-ortho nitro benzene ring substituents is 1. The van der Waals surface area contributed by atoms with E-state index < -0.39 is 22.9 Å². The van der Waals surface area contributed by atoms with Crippen molar-refractivity contribution >= 4 is 34.0 Å². The number of carbonyl (C=O) groups is 2. The molecule has 0 bridgehead atoms. The molecule has 3 aromatic rings. The van der Waals surface area contributed by atoms with Crippen molar-refractivity contribution in [2.75, 3.05) is 5.32 Å². The molecule has 0 aliphatic rings. The molecular weight excluding hydrogens is 348 g/mol. The van der Waals surface area contributed by atoms with Gasteiger partial charge in [0.1, 0.15) is 0 Å². The minimum atomic E-state index is -1.07. The molecule has 0 saturated carbocycles. The number of ether oxygens (including phenoxy) is 1. The molecular formula is C20H16N2O5. The van der Waals surface area contributed by atoms with E-state index in [4.69, 9.17) is 4.74 Å². The van der Waals surface area contributed by atoms with Crippen LogP contribution >= 0.6 is 0 Å². The van der Waals surface area contributed by atoms with Crippen LogP contribution in [0.3, 0.4) is 0 Å². The Morgan fingerprint density at radius 1 is 1.00 bits per heavy atom. The number of esters is 1. The van der Waals surface area contributed by atoms with Crippen molar-refractivity contribution in [3.63, 3.8) is 0 Å². The van der Waals surface area contributed by atoms with Gasteiger partial charge >= 0.3 is 5.97 Å². The van der Waals surface area contributed by atoms with E-state index in [1.165, 1.54) is 31.2 Å². The Balaban J connectivity index is 1.67. The zero-order chi connectivity index (χ0) is 19.4. The van der Waals surface area contributed by atoms with Gasteiger partial charge in [0, 0.05) is 17.8 Å². The second kappa shape index (κ2) is 7.65. The standard InChI is InChI=1S/C20H16N2O5/c1-13(19(23)21-17-7-4-8-18(12-17)22(25)26)27-20(24)16-10-9-14-5-2-3-6-15(14)11-16/h2-13H,1H3,(H,21,23)/t13-/m0/s1. The highest BCUT2D eigenvalue weighted by molar-refractivity contribution is 5.99. The Morgan fingerprint density at radius 2 is 1.74 bits per heavy atom. The third-order valence-corrected chi connectivity index (χ3v) is 3.96. The molecule has 27 heavy (non-hydrogen) atoms. The highest BCUT2D eigenvalue weighted by Gasteiger charge is 2.20. The minimum Gasteiger partial charge on any atom is -0.449 e. The lowest BCUT2D eigenvalue weighted by molar-refractivity contribution is -0.384. The minimum absolute atomic E-state index is 0.145. The van der Waals surface area contributed by atoms with Crippen LogP contribution in [0.5, 0.6) is 0 Å². The molecule has 0 fully saturated rings. The fourth-order valence-corrected chi connectivity index (χ4v) is 2.54. The molecule has 0 aromatic heterocycles. The van der Waals surface area contributed by atoms with Crippen LogP contribution < -0.4 is 5.32 Å². The number of fused-ring (bicyclic) bond motifs is 1. The maximum Gasteiger partial charge on any atom is 0.338 e. The molecule has 7 heteroatoms. The van der Waals surface area contributed by atoms with Crippen LogP contribution in [-0.4, -0.2) is 22.9 Å². The fraction of sp³-hybridized carbons (Fsp3) is 0.100. The maximum absolute atomic E-state index is 12.3. The van der Waals surface area contributed by atoms with Gasteiger partial charge in [-0.15, -0.1) is 0 Å². The van der Waals surface area contributed by atoms with Crippen LogP contribution in [0.25, 0.3) is 10.8 Å². The first kappa shape index (κ1) is 18.1. The van der Waals surface area contributed by atoms with Gasteiger partial charge in [-0.2, -0.15) is 0 Å². The number of hydrogen-bond acceptors (Lipinski definition) is 5. The summed E-state index contributed by atoms with van der Waals surface area (Å²) in [6.07, 6.45) is -1.07. The molecule has 0 aliphatic heterocycles. The monoisotopic (exact) mass is 364 g/mol. The second-order valence-electron chi connectivity index (χ2n) is 5.91. The van der Waals surface area contributed by atoms with E-state index in [-0.39, 0.29) is 11.4 Å². The highest BCUT2D eigenvalue weighted by atomic mass is 16.6. The second-order valence-corrected chi connectivity index (χ2v) is 5.91. The topological polar surface area (TPSA) is 98.5 Å². The maximum atomic E-state index is 12.3. The van der Waals surface area contributed by atoms with Crippen molar-refractivity contribution < 1.29 is 19.2 Å². The van der Waals surface area contributed by atoms with Crippen molar-refractivity contribution in [2.24, 2.45) is 0 Å². The zero-order valence-electron chi connectivity index (χ0n) is 14.4. The van der Waals surface area contributed by atoms with Crippen LogP contribution in [0.15, 0.2) is 66.7 Å². The van der Waals surface area contributed by atoms with Crippen LogP contribution in [0, 0.1) is 10.1 Å². The number of hydrogen-bond donors (Lipinski definition) is 1. The quantitative estimate of drug-likeness (QED) is 0.420. The summed E-state index contributed by atoms with van der Waals surface area (Å²) in [5.74, 6) is -1.20. The third kappa shape index (κ3) is 4.27. The van der Waals surface area contributed by atoms with Crippen LogP contribution in [0.2, 0.25) is 0 Å². The first-order valence-corrected chi connectivity index (χ1v) is 8.19. The van der Waals surface area contributed by atoms with Gasteiger partial charge in [-0.25, -0.2) is 4.79 Å². The molecule has 0 saturated heterocycles. The van der Waals surface area contributed by atoms with Gasteiger partial charge in [-0.1, -0.05) is 36.4 Å². The SMILES string of the molecule is C[C@H](OC(=O)c1ccc2ccccc2c1)C(=O)Nc1cccc([N+](=O)[O-])c1. The van der Waals surface area contributed by atoms with Crippen molar-refractivity contribution in [3.8, 4) is 0 Å². The van der Waals surface area contributed by atoms with Crippen LogP contribution in [0.1, 0.15) is 17.3 Å². The number of nitrogens with zero attached hydrogens (tertiary/aromatic N) is 1. The van der Waals surface area contributed by atoms with E-state index >= 15 is 0 Å². The van der Waals surface area contributed by atoms with Gasteiger partial charge in [0.25, 0.3) is 11.6 Å². The summed E-state index contributed by atoms with van der Waals surface area (Å²) >= 11 is 0. The number of benzene rings is 3. The highest BCUT2D eigenvalue weighted by Crippen LogP contribution is 2.19. The summed E-state index contributed by atoms with van der Waals surface area (Å²) < 4.78 is 5.21. The van der Waals surface area contributed by atoms with Crippen molar-refractivity contribution in [1.82, 2.24) is 0 Å². The zero-order valence-corrected chi connectivity index (χ0v) is 14.4. The normalized spacial score (nSPS) is 11.6. The lowest BCUT2D eigenvalue weighted by Crippen LogP contribution is -2.30. The molecule has 1 amide bonds. The summed E-state index contributed by atoms with van der Waals surface area (Å²) in [6.45, 7) is 1.44. The molecule has 0 aliphatic carbocycles. The van der Waals surface area contributed by atoms with E-state index in [0.717, 1.165) is 10.8 Å². The van der Waals surface area contributed by atoms with Crippen molar-refractivity contribution in [1.29, 1.82) is 0 Å². The van der Waals surface area contributed by atoms with Gasteiger partial charge in [0.2, 0.25) is 0 Å². The van der Waals surface area contributed by atoms with Gasteiger partial charge in [0.05, 0.1) is 10.5 Å². The van der Waals surface area contributed by atoms with Gasteiger partial charge < -0.3 is 10.1 Å². The average molecular weight is 364 g/mol. The van der Waals surface area contributed by atoms with Crippen molar-refractivity contribution in [2.45, 2.75) is 13.0 Å². The number of anilines is 1. The van der Waals surface area contributed by atoms with E-state index in [0.29, 0.717) is 5.56 Å². The van der Waals surface area contributed by atoms with E-state index in [1.807, 2.05) is 24.3 Å². The number of amides is 1. The number of nitro benzene ring substituents is 1. The average Bonchev–Trinajstić information content (AvgIpc) is 2.67. The molecule has 0 heterocycles. The smallest absolute Gasteiger partial charge is 0.338 e. The molecule has 3 aromatic carbocycles.